The van der Waals surface area contributed by atoms with Crippen molar-refractivity contribution in [3.8, 4) is 17.2 Å². The smallest absolute Gasteiger partial charge is 0.291 e. The number of carbonyl (C=O) groups is 3. The maximum absolute atomic E-state index is 13.1. The molecule has 4 bridgehead atoms. The lowest BCUT2D eigenvalue weighted by Crippen LogP contribution is -2.68. The summed E-state index contributed by atoms with van der Waals surface area (Å²) in [6.45, 7) is 0.449. The molecule has 4 aliphatic rings. The van der Waals surface area contributed by atoms with E-state index in [-0.39, 0.29) is 26.2 Å². The van der Waals surface area contributed by atoms with E-state index in [1.165, 1.54) is 0 Å². The van der Waals surface area contributed by atoms with Crippen LogP contribution in [0.25, 0.3) is 0 Å². The number of carbonyl (C=O) groups excluding carboxylic acids is 3. The SMILES string of the molecule is NCC12CC3(CNC(=O)c4occc(=O)c4O)CC(CNC(=O)c4occc(=O)c4O)(C1)CC(CNC(=O)c1occc(=O)c1O)(C2)C3. The Balaban J connectivity index is 1.31. The van der Waals surface area contributed by atoms with Crippen LogP contribution in [0.5, 0.6) is 17.2 Å². The fraction of sp³-hybridized carbons (Fsp3) is 0.438. The van der Waals surface area contributed by atoms with E-state index >= 15 is 0 Å². The first-order chi connectivity index (χ1) is 22.7. The van der Waals surface area contributed by atoms with Crippen LogP contribution in [0.2, 0.25) is 0 Å². The van der Waals surface area contributed by atoms with Crippen molar-refractivity contribution in [1.82, 2.24) is 16.0 Å². The maximum Gasteiger partial charge on any atom is 0.291 e. The lowest BCUT2D eigenvalue weighted by atomic mass is 9.35. The molecule has 3 heterocycles. The van der Waals surface area contributed by atoms with E-state index in [0.717, 1.165) is 37.0 Å². The van der Waals surface area contributed by atoms with Crippen LogP contribution in [0.4, 0.5) is 0 Å². The topological polar surface area (TPSA) is 265 Å². The monoisotopic (exact) mass is 666 g/mol. The molecular weight excluding hydrogens is 632 g/mol. The minimum Gasteiger partial charge on any atom is -0.501 e. The predicted molar refractivity (Wildman–Crippen MR) is 163 cm³/mol. The number of nitrogens with one attached hydrogen (secondary N) is 3. The average Bonchev–Trinajstić information content (AvgIpc) is 3.05. The molecule has 0 saturated heterocycles. The fourth-order valence-electron chi connectivity index (χ4n) is 9.06. The molecular formula is C32H34N4O12. The molecule has 4 saturated carbocycles. The van der Waals surface area contributed by atoms with Gasteiger partial charge < -0.3 is 50.3 Å². The van der Waals surface area contributed by atoms with Crippen molar-refractivity contribution in [3.63, 3.8) is 0 Å². The zero-order chi connectivity index (χ0) is 34.5. The molecule has 16 nitrogen and oxygen atoms in total. The molecule has 3 amide bonds. The largest absolute Gasteiger partial charge is 0.501 e. The summed E-state index contributed by atoms with van der Waals surface area (Å²) in [5.41, 5.74) is 1.65. The quantitative estimate of drug-likeness (QED) is 0.156. The second-order valence-electron chi connectivity index (χ2n) is 13.7. The Bertz CT molecular complexity index is 1750. The average molecular weight is 667 g/mol. The van der Waals surface area contributed by atoms with Gasteiger partial charge in [-0.3, -0.25) is 28.8 Å². The highest BCUT2D eigenvalue weighted by Crippen LogP contribution is 2.73. The van der Waals surface area contributed by atoms with Crippen LogP contribution >= 0.6 is 0 Å². The summed E-state index contributed by atoms with van der Waals surface area (Å²) in [4.78, 5) is 75.1. The third-order valence-electron chi connectivity index (χ3n) is 9.98. The van der Waals surface area contributed by atoms with Gasteiger partial charge in [-0.25, -0.2) is 0 Å². The highest BCUT2D eigenvalue weighted by Gasteiger charge is 2.67. The molecule has 0 spiro atoms. The van der Waals surface area contributed by atoms with Gasteiger partial charge in [0.25, 0.3) is 17.7 Å². The molecule has 3 aromatic rings. The standard InChI is InChI=1S/C32H34N4O12/c33-13-29-7-30(14-34-26(43)23-20(40)17(37)1-4-46-23)10-31(8-29,15-35-27(44)24-21(41)18(38)2-5-47-24)12-32(9-29,11-30)16-36-28(45)25-22(42)19(39)3-6-48-25/h1-6,40-42H,7-16,33H2,(H,34,43)(H,35,44)(H,36,45). The van der Waals surface area contributed by atoms with Gasteiger partial charge in [0, 0.05) is 37.8 Å². The van der Waals surface area contributed by atoms with Crippen LogP contribution in [0.15, 0.2) is 64.6 Å². The molecule has 4 aliphatic carbocycles. The summed E-state index contributed by atoms with van der Waals surface area (Å²) in [6, 6.07) is 2.94. The predicted octanol–water partition coefficient (Wildman–Crippen LogP) is 0.538. The molecule has 4 fully saturated rings. The number of hydrogen-bond donors (Lipinski definition) is 7. The van der Waals surface area contributed by atoms with Crippen LogP contribution < -0.4 is 38.0 Å². The number of aromatic hydroxyl groups is 3. The molecule has 7 rings (SSSR count). The summed E-state index contributed by atoms with van der Waals surface area (Å²) >= 11 is 0. The minimum absolute atomic E-state index is 0.0692. The summed E-state index contributed by atoms with van der Waals surface area (Å²) in [6.07, 6.45) is 6.20. The van der Waals surface area contributed by atoms with Crippen molar-refractivity contribution in [2.45, 2.75) is 38.5 Å². The molecule has 0 aromatic carbocycles. The van der Waals surface area contributed by atoms with Crippen LogP contribution in [0, 0.1) is 21.7 Å². The lowest BCUT2D eigenvalue weighted by Gasteiger charge is -2.71. The third kappa shape index (κ3) is 5.72. The van der Waals surface area contributed by atoms with E-state index in [4.69, 9.17) is 19.0 Å². The number of hydrogen-bond acceptors (Lipinski definition) is 13. The number of amides is 3. The Hall–Kier alpha value is -5.38. The van der Waals surface area contributed by atoms with E-state index in [9.17, 15) is 44.1 Å². The summed E-state index contributed by atoms with van der Waals surface area (Å²) in [5.74, 6) is -6.55. The second-order valence-corrected chi connectivity index (χ2v) is 13.7. The number of rotatable bonds is 10. The molecule has 0 atom stereocenters. The Labute approximate surface area is 270 Å². The fourth-order valence-corrected chi connectivity index (χ4v) is 9.06. The summed E-state index contributed by atoms with van der Waals surface area (Å²) in [7, 11) is 0. The van der Waals surface area contributed by atoms with Crippen molar-refractivity contribution in [2.24, 2.45) is 27.4 Å². The van der Waals surface area contributed by atoms with Gasteiger partial charge >= 0.3 is 0 Å². The molecule has 254 valence electrons. The van der Waals surface area contributed by atoms with Gasteiger partial charge in [-0.15, -0.1) is 0 Å². The molecule has 8 N–H and O–H groups in total. The van der Waals surface area contributed by atoms with Crippen LogP contribution in [0.1, 0.15) is 70.2 Å². The lowest BCUT2D eigenvalue weighted by molar-refractivity contribution is -0.192. The van der Waals surface area contributed by atoms with E-state index in [1.807, 2.05) is 0 Å². The van der Waals surface area contributed by atoms with Gasteiger partial charge in [0.15, 0.2) is 0 Å². The first-order valence-electron chi connectivity index (χ1n) is 15.2. The molecule has 0 radical (unpaired) electrons. The van der Waals surface area contributed by atoms with E-state index < -0.39 is 90.2 Å². The summed E-state index contributed by atoms with van der Waals surface area (Å²) < 4.78 is 15.4. The van der Waals surface area contributed by atoms with Crippen molar-refractivity contribution in [1.29, 1.82) is 0 Å². The highest BCUT2D eigenvalue weighted by atomic mass is 16.4. The zero-order valence-corrected chi connectivity index (χ0v) is 25.6. The van der Waals surface area contributed by atoms with Gasteiger partial charge in [0.05, 0.1) is 18.8 Å². The van der Waals surface area contributed by atoms with E-state index in [2.05, 4.69) is 16.0 Å². The first-order valence-corrected chi connectivity index (χ1v) is 15.2. The van der Waals surface area contributed by atoms with Crippen molar-refractivity contribution < 1.29 is 43.0 Å². The molecule has 16 heteroatoms. The molecule has 0 unspecified atom stereocenters. The Morgan fingerprint density at radius 1 is 0.562 bits per heavy atom. The van der Waals surface area contributed by atoms with Crippen LogP contribution in [0.3, 0.4) is 0 Å². The van der Waals surface area contributed by atoms with Crippen molar-refractivity contribution in [2.75, 3.05) is 26.2 Å². The van der Waals surface area contributed by atoms with Crippen LogP contribution in [-0.4, -0.2) is 59.2 Å². The maximum atomic E-state index is 13.1. The Morgan fingerprint density at radius 2 is 0.833 bits per heavy atom. The third-order valence-corrected chi connectivity index (χ3v) is 9.98. The summed E-state index contributed by atoms with van der Waals surface area (Å²) in [5, 5.41) is 38.8. The van der Waals surface area contributed by atoms with Gasteiger partial charge in [0.1, 0.15) is 0 Å². The molecule has 48 heavy (non-hydrogen) atoms. The number of nitrogens with two attached hydrogens (primary N) is 1. The van der Waals surface area contributed by atoms with Crippen molar-refractivity contribution in [3.05, 3.63) is 84.9 Å². The first kappa shape index (κ1) is 32.6. The normalized spacial score (nSPS) is 26.9. The minimum atomic E-state index is -0.830. The van der Waals surface area contributed by atoms with Crippen molar-refractivity contribution >= 4 is 17.7 Å². The Morgan fingerprint density at radius 3 is 1.10 bits per heavy atom. The van der Waals surface area contributed by atoms with E-state index in [1.54, 1.807) is 0 Å². The molecule has 3 aromatic heterocycles. The van der Waals surface area contributed by atoms with Crippen LogP contribution in [-0.2, 0) is 0 Å². The van der Waals surface area contributed by atoms with Gasteiger partial charge in [-0.2, -0.15) is 0 Å². The van der Waals surface area contributed by atoms with E-state index in [0.29, 0.717) is 38.5 Å². The Kier molecular flexibility index (Phi) is 7.93. The second kappa shape index (κ2) is 11.7. The highest BCUT2D eigenvalue weighted by molar-refractivity contribution is 5.94. The van der Waals surface area contributed by atoms with Gasteiger partial charge in [0.2, 0.25) is 50.8 Å². The van der Waals surface area contributed by atoms with Gasteiger partial charge in [-0.05, 0) is 66.7 Å². The van der Waals surface area contributed by atoms with Gasteiger partial charge in [-0.1, -0.05) is 0 Å². The molecule has 0 aliphatic heterocycles. The zero-order valence-electron chi connectivity index (χ0n) is 25.6.